The van der Waals surface area contributed by atoms with Gasteiger partial charge in [0.2, 0.25) is 0 Å². The topological polar surface area (TPSA) is 90.9 Å². The molecule has 0 aromatic carbocycles. The molecule has 3 fully saturated rings. The van der Waals surface area contributed by atoms with Crippen LogP contribution in [0, 0.1) is 23.7 Å². The summed E-state index contributed by atoms with van der Waals surface area (Å²) in [6, 6.07) is 0. The smallest absolute Gasteiger partial charge is 0.188 e. The van der Waals surface area contributed by atoms with Gasteiger partial charge in [-0.15, -0.1) is 0 Å². The summed E-state index contributed by atoms with van der Waals surface area (Å²) in [5.74, 6) is 1.76. The molecule has 5 N–H and O–H groups in total. The minimum Gasteiger partial charge on any atom is -0.390 e. The standard InChI is InChI=1S/C23H41N3O2/c1-16(17-7-5-4-6-8-17)18-9-11-22(2,27)19-10-12-23(28,20(19)15-18)13-14-26-21(24)25-3/h17-20,27-28H,1,4-15H2,2-3H3,(H3,24,25,26)/t18-,19-,20-,22+,23+/m0/s1. The summed E-state index contributed by atoms with van der Waals surface area (Å²) in [4.78, 5) is 3.93. The second kappa shape index (κ2) is 8.74. The zero-order valence-corrected chi connectivity index (χ0v) is 17.9. The zero-order chi connectivity index (χ0) is 20.4. The highest BCUT2D eigenvalue weighted by Gasteiger charge is 2.54. The number of allylic oxidation sites excluding steroid dienone is 1. The molecule has 0 heterocycles. The molecule has 0 saturated heterocycles. The van der Waals surface area contributed by atoms with Crippen LogP contribution in [-0.2, 0) is 0 Å². The summed E-state index contributed by atoms with van der Waals surface area (Å²) in [7, 11) is 1.66. The minimum absolute atomic E-state index is 0.122. The summed E-state index contributed by atoms with van der Waals surface area (Å²) in [5, 5.41) is 25.9. The average molecular weight is 392 g/mol. The van der Waals surface area contributed by atoms with Gasteiger partial charge in [0, 0.05) is 13.6 Å². The van der Waals surface area contributed by atoms with Crippen molar-refractivity contribution >= 4 is 5.96 Å². The molecule has 0 unspecified atom stereocenters. The number of fused-ring (bicyclic) bond motifs is 1. The number of nitrogens with zero attached hydrogens (tertiary/aromatic N) is 1. The van der Waals surface area contributed by atoms with Crippen LogP contribution >= 0.6 is 0 Å². The van der Waals surface area contributed by atoms with Crippen molar-refractivity contribution in [3.63, 3.8) is 0 Å². The third-order valence-corrected chi connectivity index (χ3v) is 8.16. The fourth-order valence-corrected chi connectivity index (χ4v) is 6.31. The van der Waals surface area contributed by atoms with E-state index in [4.69, 9.17) is 5.73 Å². The van der Waals surface area contributed by atoms with E-state index in [9.17, 15) is 10.2 Å². The van der Waals surface area contributed by atoms with Crippen LogP contribution in [0.25, 0.3) is 0 Å². The summed E-state index contributed by atoms with van der Waals surface area (Å²) >= 11 is 0. The van der Waals surface area contributed by atoms with Gasteiger partial charge in [-0.3, -0.25) is 4.99 Å². The van der Waals surface area contributed by atoms with Gasteiger partial charge in [0.1, 0.15) is 0 Å². The molecule has 5 atom stereocenters. The van der Waals surface area contributed by atoms with Crippen molar-refractivity contribution in [3.8, 4) is 0 Å². The van der Waals surface area contributed by atoms with E-state index in [1.165, 1.54) is 37.7 Å². The lowest BCUT2D eigenvalue weighted by Gasteiger charge is -2.38. The van der Waals surface area contributed by atoms with Crippen molar-refractivity contribution in [3.05, 3.63) is 12.2 Å². The molecule has 0 spiro atoms. The number of nitrogens with one attached hydrogen (secondary N) is 1. The molecule has 0 bridgehead atoms. The Hall–Kier alpha value is -1.07. The number of aliphatic hydroxyl groups is 2. The molecular weight excluding hydrogens is 350 g/mol. The molecule has 3 rings (SSSR count). The van der Waals surface area contributed by atoms with Crippen LogP contribution in [0.4, 0.5) is 0 Å². The van der Waals surface area contributed by atoms with Crippen molar-refractivity contribution < 1.29 is 10.2 Å². The Bertz CT molecular complexity index is 582. The molecule has 160 valence electrons. The third kappa shape index (κ3) is 4.56. The van der Waals surface area contributed by atoms with E-state index in [1.54, 1.807) is 7.05 Å². The molecule has 0 aromatic heterocycles. The highest BCUT2D eigenvalue weighted by molar-refractivity contribution is 5.77. The van der Waals surface area contributed by atoms with Crippen molar-refractivity contribution in [1.29, 1.82) is 0 Å². The molecule has 5 nitrogen and oxygen atoms in total. The number of rotatable bonds is 5. The van der Waals surface area contributed by atoms with Crippen LogP contribution in [0.1, 0.15) is 77.6 Å². The first kappa shape index (κ1) is 21.6. The number of guanidine groups is 1. The molecule has 3 aliphatic rings. The van der Waals surface area contributed by atoms with Gasteiger partial charge in [-0.05, 0) is 82.0 Å². The van der Waals surface area contributed by atoms with Crippen LogP contribution in [-0.4, -0.2) is 41.0 Å². The van der Waals surface area contributed by atoms with Crippen molar-refractivity contribution in [2.24, 2.45) is 34.4 Å². The lowest BCUT2D eigenvalue weighted by Crippen LogP contribution is -2.44. The number of aliphatic imine (C=N–C) groups is 1. The number of hydrogen-bond donors (Lipinski definition) is 4. The number of hydrogen-bond acceptors (Lipinski definition) is 3. The Morgan fingerprint density at radius 3 is 2.46 bits per heavy atom. The zero-order valence-electron chi connectivity index (χ0n) is 17.9. The SMILES string of the molecule is C=C(C1CCCCC1)[C@H]1CC[C@@](C)(O)[C@H]2CC[C@@](O)(CCNC(N)=NC)[C@H]2C1. The number of nitrogens with two attached hydrogens (primary N) is 1. The lowest BCUT2D eigenvalue weighted by molar-refractivity contribution is -0.0642. The minimum atomic E-state index is -0.745. The van der Waals surface area contributed by atoms with Crippen molar-refractivity contribution in [2.75, 3.05) is 13.6 Å². The molecule has 0 amide bonds. The van der Waals surface area contributed by atoms with Crippen LogP contribution in [0.3, 0.4) is 0 Å². The normalized spacial score (nSPS) is 40.0. The van der Waals surface area contributed by atoms with Gasteiger partial charge < -0.3 is 21.3 Å². The van der Waals surface area contributed by atoms with Gasteiger partial charge in [-0.1, -0.05) is 31.4 Å². The fourth-order valence-electron chi connectivity index (χ4n) is 6.31. The first-order chi connectivity index (χ1) is 13.3. The summed E-state index contributed by atoms with van der Waals surface area (Å²) in [5.41, 5.74) is 5.70. The Labute approximate surface area is 170 Å². The van der Waals surface area contributed by atoms with E-state index in [-0.39, 0.29) is 11.8 Å². The molecule has 0 radical (unpaired) electrons. The van der Waals surface area contributed by atoms with Crippen LogP contribution in [0.15, 0.2) is 17.1 Å². The Morgan fingerprint density at radius 2 is 1.79 bits per heavy atom. The lowest BCUT2D eigenvalue weighted by atomic mass is 9.72. The maximum Gasteiger partial charge on any atom is 0.188 e. The summed E-state index contributed by atoms with van der Waals surface area (Å²) in [6.45, 7) is 7.14. The van der Waals surface area contributed by atoms with E-state index in [0.717, 1.165) is 32.1 Å². The van der Waals surface area contributed by atoms with Gasteiger partial charge in [0.25, 0.3) is 0 Å². The first-order valence-electron chi connectivity index (χ1n) is 11.4. The largest absolute Gasteiger partial charge is 0.390 e. The Morgan fingerprint density at radius 1 is 1.07 bits per heavy atom. The van der Waals surface area contributed by atoms with Crippen molar-refractivity contribution in [2.45, 2.75) is 88.8 Å². The second-order valence-corrected chi connectivity index (χ2v) is 9.88. The second-order valence-electron chi connectivity index (χ2n) is 9.88. The molecule has 0 aliphatic heterocycles. The third-order valence-electron chi connectivity index (χ3n) is 8.16. The highest BCUT2D eigenvalue weighted by Crippen LogP contribution is 2.54. The Balaban J connectivity index is 1.73. The maximum atomic E-state index is 11.6. The Kier molecular flexibility index (Phi) is 6.76. The van der Waals surface area contributed by atoms with E-state index < -0.39 is 11.2 Å². The molecule has 0 aromatic rings. The highest BCUT2D eigenvalue weighted by atomic mass is 16.3. The van der Waals surface area contributed by atoms with E-state index in [2.05, 4.69) is 16.9 Å². The maximum absolute atomic E-state index is 11.6. The van der Waals surface area contributed by atoms with Gasteiger partial charge in [0.15, 0.2) is 5.96 Å². The fraction of sp³-hybridized carbons (Fsp3) is 0.870. The predicted octanol–water partition coefficient (Wildman–Crippen LogP) is 3.36. The molecule has 5 heteroatoms. The van der Waals surface area contributed by atoms with Gasteiger partial charge in [-0.2, -0.15) is 0 Å². The first-order valence-corrected chi connectivity index (χ1v) is 11.4. The average Bonchev–Trinajstić information content (AvgIpc) is 2.94. The molecule has 3 saturated carbocycles. The van der Waals surface area contributed by atoms with E-state index >= 15 is 0 Å². The van der Waals surface area contributed by atoms with Gasteiger partial charge >= 0.3 is 0 Å². The van der Waals surface area contributed by atoms with E-state index in [1.807, 2.05) is 6.92 Å². The van der Waals surface area contributed by atoms with Gasteiger partial charge in [0.05, 0.1) is 11.2 Å². The monoisotopic (exact) mass is 391 g/mol. The van der Waals surface area contributed by atoms with Crippen LogP contribution in [0.2, 0.25) is 0 Å². The summed E-state index contributed by atoms with van der Waals surface area (Å²) in [6.07, 6.45) is 11.6. The molecular formula is C23H41N3O2. The van der Waals surface area contributed by atoms with E-state index in [0.29, 0.717) is 30.8 Å². The quantitative estimate of drug-likeness (QED) is 0.329. The van der Waals surface area contributed by atoms with Crippen molar-refractivity contribution in [1.82, 2.24) is 5.32 Å². The van der Waals surface area contributed by atoms with Gasteiger partial charge in [-0.25, -0.2) is 0 Å². The molecule has 28 heavy (non-hydrogen) atoms. The molecule has 3 aliphatic carbocycles. The van der Waals surface area contributed by atoms with Crippen LogP contribution in [0.5, 0.6) is 0 Å². The predicted molar refractivity (Wildman–Crippen MR) is 115 cm³/mol. The summed E-state index contributed by atoms with van der Waals surface area (Å²) < 4.78 is 0. The van der Waals surface area contributed by atoms with Crippen LogP contribution < -0.4 is 11.1 Å².